The second-order valence-corrected chi connectivity index (χ2v) is 5.83. The van der Waals surface area contributed by atoms with Crippen LogP contribution in [0.5, 0.6) is 0 Å². The zero-order chi connectivity index (χ0) is 14.2. The van der Waals surface area contributed by atoms with E-state index in [1.165, 1.54) is 0 Å². The molecule has 0 unspecified atom stereocenters. The van der Waals surface area contributed by atoms with Gasteiger partial charge in [-0.1, -0.05) is 12.8 Å². The van der Waals surface area contributed by atoms with Gasteiger partial charge in [0.15, 0.2) is 5.82 Å². The van der Waals surface area contributed by atoms with Crippen molar-refractivity contribution >= 4 is 0 Å². The first-order valence-corrected chi connectivity index (χ1v) is 7.25. The van der Waals surface area contributed by atoms with E-state index in [1.807, 2.05) is 0 Å². The third-order valence-electron chi connectivity index (χ3n) is 4.21. The average Bonchev–Trinajstić information content (AvgIpc) is 3.15. The molecule has 0 aromatic carbocycles. The normalized spacial score (nSPS) is 27.8. The highest BCUT2D eigenvalue weighted by Gasteiger charge is 2.45. The van der Waals surface area contributed by atoms with Gasteiger partial charge in [0.25, 0.3) is 0 Å². The minimum Gasteiger partial charge on any atom is -0.306 e. The van der Waals surface area contributed by atoms with Crippen LogP contribution in [0.4, 0.5) is 13.2 Å². The third kappa shape index (κ3) is 3.13. The number of rotatable bonds is 4. The van der Waals surface area contributed by atoms with Crippen LogP contribution >= 0.6 is 0 Å². The minimum absolute atomic E-state index is 0.227. The SMILES string of the molecule is FC(F)(F)[C@H]1CCCC[C@@H]1NCc1nc(C2CC2)n[nH]1. The molecule has 2 aliphatic carbocycles. The number of aromatic nitrogens is 3. The summed E-state index contributed by atoms with van der Waals surface area (Å²) < 4.78 is 38.9. The molecule has 7 heteroatoms. The van der Waals surface area contributed by atoms with E-state index in [9.17, 15) is 13.2 Å². The number of hydrogen-bond donors (Lipinski definition) is 2. The van der Waals surface area contributed by atoms with E-state index in [1.54, 1.807) is 0 Å². The van der Waals surface area contributed by atoms with Gasteiger partial charge in [-0.2, -0.15) is 18.3 Å². The Morgan fingerprint density at radius 3 is 2.60 bits per heavy atom. The van der Waals surface area contributed by atoms with E-state index in [0.29, 0.717) is 31.1 Å². The Morgan fingerprint density at radius 1 is 1.15 bits per heavy atom. The van der Waals surface area contributed by atoms with E-state index >= 15 is 0 Å². The zero-order valence-electron chi connectivity index (χ0n) is 11.2. The van der Waals surface area contributed by atoms with Gasteiger partial charge < -0.3 is 5.32 Å². The second kappa shape index (κ2) is 5.35. The Balaban J connectivity index is 1.57. The summed E-state index contributed by atoms with van der Waals surface area (Å²) in [7, 11) is 0. The van der Waals surface area contributed by atoms with Crippen molar-refractivity contribution in [1.29, 1.82) is 0 Å². The molecule has 0 bridgehead atoms. The van der Waals surface area contributed by atoms with E-state index in [0.717, 1.165) is 25.1 Å². The first-order chi connectivity index (χ1) is 9.54. The second-order valence-electron chi connectivity index (χ2n) is 5.83. The van der Waals surface area contributed by atoms with Gasteiger partial charge >= 0.3 is 6.18 Å². The van der Waals surface area contributed by atoms with Gasteiger partial charge in [-0.05, 0) is 25.7 Å². The predicted molar refractivity (Wildman–Crippen MR) is 67.0 cm³/mol. The van der Waals surface area contributed by atoms with E-state index in [4.69, 9.17) is 0 Å². The number of halogens is 3. The summed E-state index contributed by atoms with van der Waals surface area (Å²) >= 11 is 0. The molecule has 1 aromatic heterocycles. The average molecular weight is 288 g/mol. The van der Waals surface area contributed by atoms with E-state index in [-0.39, 0.29) is 6.42 Å². The van der Waals surface area contributed by atoms with Crippen molar-refractivity contribution in [2.75, 3.05) is 0 Å². The zero-order valence-corrected chi connectivity index (χ0v) is 11.2. The fraction of sp³-hybridized carbons (Fsp3) is 0.846. The molecular weight excluding hydrogens is 269 g/mol. The van der Waals surface area contributed by atoms with Crippen molar-refractivity contribution in [3.05, 3.63) is 11.6 Å². The lowest BCUT2D eigenvalue weighted by Crippen LogP contribution is -2.45. The molecule has 2 atom stereocenters. The van der Waals surface area contributed by atoms with Gasteiger partial charge in [-0.25, -0.2) is 4.98 Å². The van der Waals surface area contributed by atoms with Gasteiger partial charge in [0, 0.05) is 12.0 Å². The van der Waals surface area contributed by atoms with Gasteiger partial charge in [0.05, 0.1) is 12.5 Å². The Hall–Kier alpha value is -1.11. The Kier molecular flexibility index (Phi) is 3.70. The molecule has 2 saturated carbocycles. The van der Waals surface area contributed by atoms with Gasteiger partial charge in [0.2, 0.25) is 0 Å². The summed E-state index contributed by atoms with van der Waals surface area (Å²) in [5.74, 6) is 0.663. The molecule has 2 N–H and O–H groups in total. The van der Waals surface area contributed by atoms with Crippen LogP contribution < -0.4 is 5.32 Å². The van der Waals surface area contributed by atoms with Crippen molar-refractivity contribution in [3.8, 4) is 0 Å². The van der Waals surface area contributed by atoms with Crippen LogP contribution in [0.25, 0.3) is 0 Å². The van der Waals surface area contributed by atoms with Crippen LogP contribution in [0.1, 0.15) is 56.1 Å². The number of nitrogens with one attached hydrogen (secondary N) is 2. The topological polar surface area (TPSA) is 53.6 Å². The standard InChI is InChI=1S/C13H19F3N4/c14-13(15,16)9-3-1-2-4-10(9)17-7-11-18-12(20-19-11)8-5-6-8/h8-10,17H,1-7H2,(H,18,19,20)/t9-,10-/m0/s1. The molecule has 2 fully saturated rings. The van der Waals surface area contributed by atoms with Crippen molar-refractivity contribution < 1.29 is 13.2 Å². The largest absolute Gasteiger partial charge is 0.393 e. The molecule has 1 aromatic rings. The molecule has 0 saturated heterocycles. The molecular formula is C13H19F3N4. The highest BCUT2D eigenvalue weighted by molar-refractivity contribution is 5.05. The lowest BCUT2D eigenvalue weighted by molar-refractivity contribution is -0.189. The fourth-order valence-corrected chi connectivity index (χ4v) is 2.91. The number of hydrogen-bond acceptors (Lipinski definition) is 3. The maximum Gasteiger partial charge on any atom is 0.393 e. The summed E-state index contributed by atoms with van der Waals surface area (Å²) in [5.41, 5.74) is 0. The summed E-state index contributed by atoms with van der Waals surface area (Å²) in [6.07, 6.45) is 0.439. The number of alkyl halides is 3. The summed E-state index contributed by atoms with van der Waals surface area (Å²) in [6.45, 7) is 0.330. The van der Waals surface area contributed by atoms with Crippen molar-refractivity contribution in [3.63, 3.8) is 0 Å². The molecule has 2 aliphatic rings. The monoisotopic (exact) mass is 288 g/mol. The van der Waals surface area contributed by atoms with Crippen molar-refractivity contribution in [2.45, 2.75) is 63.2 Å². The summed E-state index contributed by atoms with van der Waals surface area (Å²) in [5, 5.41) is 9.94. The van der Waals surface area contributed by atoms with Crippen LogP contribution in [0.15, 0.2) is 0 Å². The van der Waals surface area contributed by atoms with E-state index < -0.39 is 18.1 Å². The van der Waals surface area contributed by atoms with Crippen LogP contribution in [0.3, 0.4) is 0 Å². The third-order valence-corrected chi connectivity index (χ3v) is 4.21. The predicted octanol–water partition coefficient (Wildman–Crippen LogP) is 2.89. The van der Waals surface area contributed by atoms with Gasteiger partial charge in [-0.3, -0.25) is 5.10 Å². The summed E-state index contributed by atoms with van der Waals surface area (Å²) in [4.78, 5) is 4.33. The lowest BCUT2D eigenvalue weighted by Gasteiger charge is -2.33. The van der Waals surface area contributed by atoms with Crippen LogP contribution in [-0.4, -0.2) is 27.4 Å². The quantitative estimate of drug-likeness (QED) is 0.895. The first kappa shape index (κ1) is 13.9. The molecule has 20 heavy (non-hydrogen) atoms. The Labute approximate surface area is 115 Å². The Morgan fingerprint density at radius 2 is 1.90 bits per heavy atom. The number of aromatic amines is 1. The molecule has 0 amide bonds. The van der Waals surface area contributed by atoms with E-state index in [2.05, 4.69) is 20.5 Å². The van der Waals surface area contributed by atoms with Crippen LogP contribution in [0, 0.1) is 5.92 Å². The van der Waals surface area contributed by atoms with Crippen molar-refractivity contribution in [1.82, 2.24) is 20.5 Å². The van der Waals surface area contributed by atoms with Gasteiger partial charge in [-0.15, -0.1) is 0 Å². The molecule has 1 heterocycles. The molecule has 4 nitrogen and oxygen atoms in total. The smallest absolute Gasteiger partial charge is 0.306 e. The maximum atomic E-state index is 13.0. The minimum atomic E-state index is -4.11. The summed E-state index contributed by atoms with van der Waals surface area (Å²) in [6, 6.07) is -0.502. The fourth-order valence-electron chi connectivity index (χ4n) is 2.91. The van der Waals surface area contributed by atoms with Crippen LogP contribution in [-0.2, 0) is 6.54 Å². The Bertz CT molecular complexity index is 453. The number of H-pyrrole nitrogens is 1. The van der Waals surface area contributed by atoms with Crippen molar-refractivity contribution in [2.24, 2.45) is 5.92 Å². The van der Waals surface area contributed by atoms with Gasteiger partial charge in [0.1, 0.15) is 5.82 Å². The van der Waals surface area contributed by atoms with Crippen LogP contribution in [0.2, 0.25) is 0 Å². The number of nitrogens with zero attached hydrogens (tertiary/aromatic N) is 2. The molecule has 0 spiro atoms. The maximum absolute atomic E-state index is 13.0. The lowest BCUT2D eigenvalue weighted by atomic mass is 9.84. The first-order valence-electron chi connectivity index (χ1n) is 7.25. The highest BCUT2D eigenvalue weighted by Crippen LogP contribution is 2.38. The molecule has 3 rings (SSSR count). The molecule has 0 aliphatic heterocycles. The highest BCUT2D eigenvalue weighted by atomic mass is 19.4. The molecule has 0 radical (unpaired) electrons. The molecule has 112 valence electrons.